The number of nitrogens with one attached hydrogen (secondary N) is 1. The summed E-state index contributed by atoms with van der Waals surface area (Å²) in [6, 6.07) is 9.51. The topological polar surface area (TPSA) is 62.5 Å². The Morgan fingerprint density at radius 3 is 2.87 bits per heavy atom. The van der Waals surface area contributed by atoms with E-state index in [0.717, 1.165) is 22.6 Å². The van der Waals surface area contributed by atoms with E-state index in [-0.39, 0.29) is 11.9 Å². The standard InChI is InChI=1S/C16H19N5OS/c1-20(2)14(12-6-4-3-5-7-12)15(22)17-9-8-13-10-23-16-18-11-19-21(13)16/h3-7,10-11,14H,8-9H2,1-2H3,(H,17,22). The lowest BCUT2D eigenvalue weighted by Crippen LogP contribution is -2.38. The predicted molar refractivity (Wildman–Crippen MR) is 90.4 cm³/mol. The van der Waals surface area contributed by atoms with Crippen LogP contribution >= 0.6 is 11.3 Å². The summed E-state index contributed by atoms with van der Waals surface area (Å²) in [5.41, 5.74) is 2.05. The summed E-state index contributed by atoms with van der Waals surface area (Å²) in [6.07, 6.45) is 2.27. The molecule has 0 fully saturated rings. The molecule has 1 unspecified atom stereocenters. The summed E-state index contributed by atoms with van der Waals surface area (Å²) in [5.74, 6) is 0.00580. The van der Waals surface area contributed by atoms with Gasteiger partial charge in [-0.05, 0) is 19.7 Å². The Hall–Kier alpha value is -2.25. The molecular weight excluding hydrogens is 310 g/mol. The Balaban J connectivity index is 1.62. The van der Waals surface area contributed by atoms with Crippen LogP contribution < -0.4 is 5.32 Å². The summed E-state index contributed by atoms with van der Waals surface area (Å²) < 4.78 is 1.82. The van der Waals surface area contributed by atoms with E-state index >= 15 is 0 Å². The fraction of sp³-hybridized carbons (Fsp3) is 0.312. The molecule has 2 aromatic heterocycles. The van der Waals surface area contributed by atoms with E-state index in [4.69, 9.17) is 0 Å². The van der Waals surface area contributed by atoms with Crippen LogP contribution in [-0.4, -0.2) is 46.0 Å². The van der Waals surface area contributed by atoms with Gasteiger partial charge in [0.25, 0.3) is 0 Å². The SMILES string of the molecule is CN(C)C(C(=O)NCCc1csc2ncnn12)c1ccccc1. The number of thiazole rings is 1. The average molecular weight is 329 g/mol. The first kappa shape index (κ1) is 15.6. The van der Waals surface area contributed by atoms with Crippen molar-refractivity contribution < 1.29 is 4.79 Å². The van der Waals surface area contributed by atoms with Gasteiger partial charge in [0, 0.05) is 18.3 Å². The molecule has 0 aliphatic rings. The molecule has 1 atom stereocenters. The number of carbonyl (C=O) groups is 1. The van der Waals surface area contributed by atoms with Crippen LogP contribution in [0.2, 0.25) is 0 Å². The normalized spacial score (nSPS) is 12.7. The molecule has 7 heteroatoms. The van der Waals surface area contributed by atoms with Crippen LogP contribution in [0.5, 0.6) is 0 Å². The number of carbonyl (C=O) groups excluding carboxylic acids is 1. The van der Waals surface area contributed by atoms with Crippen LogP contribution in [0.3, 0.4) is 0 Å². The van der Waals surface area contributed by atoms with Crippen molar-refractivity contribution in [1.29, 1.82) is 0 Å². The molecule has 0 spiro atoms. The van der Waals surface area contributed by atoms with Crippen LogP contribution in [0, 0.1) is 0 Å². The zero-order valence-electron chi connectivity index (χ0n) is 13.1. The number of nitrogens with zero attached hydrogens (tertiary/aromatic N) is 4. The Bertz CT molecular complexity index is 780. The zero-order valence-corrected chi connectivity index (χ0v) is 14.0. The minimum Gasteiger partial charge on any atom is -0.354 e. The molecule has 0 bridgehead atoms. The lowest BCUT2D eigenvalue weighted by molar-refractivity contribution is -0.125. The lowest BCUT2D eigenvalue weighted by Gasteiger charge is -2.23. The van der Waals surface area contributed by atoms with Crippen molar-refractivity contribution in [2.45, 2.75) is 12.5 Å². The van der Waals surface area contributed by atoms with Crippen LogP contribution in [0.1, 0.15) is 17.3 Å². The number of aromatic nitrogens is 3. The quantitative estimate of drug-likeness (QED) is 0.748. The number of fused-ring (bicyclic) bond motifs is 1. The maximum atomic E-state index is 12.5. The molecule has 23 heavy (non-hydrogen) atoms. The highest BCUT2D eigenvalue weighted by Gasteiger charge is 2.22. The van der Waals surface area contributed by atoms with Gasteiger partial charge in [0.1, 0.15) is 12.4 Å². The Morgan fingerprint density at radius 2 is 2.13 bits per heavy atom. The third-order valence-electron chi connectivity index (χ3n) is 3.65. The van der Waals surface area contributed by atoms with E-state index in [1.54, 1.807) is 17.7 Å². The summed E-state index contributed by atoms with van der Waals surface area (Å²) in [5, 5.41) is 9.23. The van der Waals surface area contributed by atoms with Crippen LogP contribution in [0.25, 0.3) is 4.96 Å². The van der Waals surface area contributed by atoms with E-state index in [2.05, 4.69) is 15.4 Å². The molecule has 0 radical (unpaired) electrons. The number of amides is 1. The Labute approximate surface area is 138 Å². The second kappa shape index (κ2) is 6.89. The second-order valence-corrected chi connectivity index (χ2v) is 6.34. The minimum atomic E-state index is -0.287. The lowest BCUT2D eigenvalue weighted by atomic mass is 10.1. The van der Waals surface area contributed by atoms with E-state index in [0.29, 0.717) is 6.54 Å². The summed E-state index contributed by atoms with van der Waals surface area (Å²) in [6.45, 7) is 0.571. The number of rotatable bonds is 6. The first-order valence-electron chi connectivity index (χ1n) is 7.42. The largest absolute Gasteiger partial charge is 0.354 e. The van der Waals surface area contributed by atoms with Gasteiger partial charge in [-0.25, -0.2) is 9.50 Å². The number of hydrogen-bond acceptors (Lipinski definition) is 5. The minimum absolute atomic E-state index is 0.00580. The molecule has 1 N–H and O–H groups in total. The van der Waals surface area contributed by atoms with Gasteiger partial charge in [-0.15, -0.1) is 11.3 Å². The van der Waals surface area contributed by atoms with Crippen molar-refractivity contribution in [2.24, 2.45) is 0 Å². The van der Waals surface area contributed by atoms with Crippen molar-refractivity contribution in [3.05, 3.63) is 53.3 Å². The van der Waals surface area contributed by atoms with Crippen molar-refractivity contribution >= 4 is 22.2 Å². The summed E-state index contributed by atoms with van der Waals surface area (Å²) in [7, 11) is 3.82. The molecule has 3 aromatic rings. The molecule has 0 saturated carbocycles. The number of benzene rings is 1. The molecule has 120 valence electrons. The molecule has 0 aliphatic heterocycles. The molecular formula is C16H19N5OS. The predicted octanol–water partition coefficient (Wildman–Crippen LogP) is 1.75. The fourth-order valence-corrected chi connectivity index (χ4v) is 3.40. The molecule has 3 rings (SSSR count). The van der Waals surface area contributed by atoms with Gasteiger partial charge in [0.2, 0.25) is 10.9 Å². The first-order chi connectivity index (χ1) is 11.2. The van der Waals surface area contributed by atoms with E-state index in [9.17, 15) is 4.79 Å². The first-order valence-corrected chi connectivity index (χ1v) is 8.30. The van der Waals surface area contributed by atoms with Gasteiger partial charge in [-0.3, -0.25) is 9.69 Å². The molecule has 6 nitrogen and oxygen atoms in total. The van der Waals surface area contributed by atoms with Crippen molar-refractivity contribution in [1.82, 2.24) is 24.8 Å². The molecule has 1 aromatic carbocycles. The van der Waals surface area contributed by atoms with Crippen LogP contribution in [0.15, 0.2) is 42.0 Å². The Kier molecular flexibility index (Phi) is 4.68. The average Bonchev–Trinajstić information content (AvgIpc) is 3.13. The fourth-order valence-electron chi connectivity index (χ4n) is 2.57. The molecule has 0 aliphatic carbocycles. The van der Waals surface area contributed by atoms with Crippen LogP contribution in [0.4, 0.5) is 0 Å². The molecule has 0 saturated heterocycles. The van der Waals surface area contributed by atoms with Crippen molar-refractivity contribution in [3.63, 3.8) is 0 Å². The van der Waals surface area contributed by atoms with E-state index in [1.807, 2.05) is 59.2 Å². The second-order valence-electron chi connectivity index (χ2n) is 5.50. The third-order valence-corrected chi connectivity index (χ3v) is 4.53. The molecule has 2 heterocycles. The van der Waals surface area contributed by atoms with Crippen molar-refractivity contribution in [3.8, 4) is 0 Å². The van der Waals surface area contributed by atoms with Crippen molar-refractivity contribution in [2.75, 3.05) is 20.6 Å². The zero-order chi connectivity index (χ0) is 16.2. The monoisotopic (exact) mass is 329 g/mol. The van der Waals surface area contributed by atoms with Gasteiger partial charge in [-0.1, -0.05) is 30.3 Å². The van der Waals surface area contributed by atoms with E-state index in [1.165, 1.54) is 0 Å². The smallest absolute Gasteiger partial charge is 0.241 e. The highest BCUT2D eigenvalue weighted by atomic mass is 32.1. The van der Waals surface area contributed by atoms with E-state index < -0.39 is 0 Å². The maximum Gasteiger partial charge on any atom is 0.241 e. The van der Waals surface area contributed by atoms with Gasteiger partial charge in [0.15, 0.2) is 0 Å². The number of likely N-dealkylation sites (N-methyl/N-ethyl adjacent to an activating group) is 1. The third kappa shape index (κ3) is 3.40. The van der Waals surface area contributed by atoms with Gasteiger partial charge in [-0.2, -0.15) is 5.10 Å². The summed E-state index contributed by atoms with van der Waals surface area (Å²) >= 11 is 1.56. The maximum absolute atomic E-state index is 12.5. The Morgan fingerprint density at radius 1 is 1.35 bits per heavy atom. The highest BCUT2D eigenvalue weighted by molar-refractivity contribution is 7.15. The van der Waals surface area contributed by atoms with Crippen LogP contribution in [-0.2, 0) is 11.2 Å². The van der Waals surface area contributed by atoms with Gasteiger partial charge < -0.3 is 5.32 Å². The highest BCUT2D eigenvalue weighted by Crippen LogP contribution is 2.18. The molecule has 1 amide bonds. The summed E-state index contributed by atoms with van der Waals surface area (Å²) in [4.78, 5) is 19.5. The van der Waals surface area contributed by atoms with Gasteiger partial charge >= 0.3 is 0 Å². The number of hydrogen-bond donors (Lipinski definition) is 1. The van der Waals surface area contributed by atoms with Gasteiger partial charge in [0.05, 0.1) is 5.69 Å².